The summed E-state index contributed by atoms with van der Waals surface area (Å²) in [6.07, 6.45) is 4.28. The number of rotatable bonds is 8. The number of hydrogen-bond acceptors (Lipinski definition) is 2. The summed E-state index contributed by atoms with van der Waals surface area (Å²) in [5, 5.41) is 0. The first-order chi connectivity index (χ1) is 10.1. The molecule has 1 aromatic carbocycles. The second-order valence-electron chi connectivity index (χ2n) is 6.52. The Labute approximate surface area is 129 Å². The van der Waals surface area contributed by atoms with Crippen LogP contribution in [0.4, 0.5) is 0 Å². The van der Waals surface area contributed by atoms with Crippen LogP contribution in [0.25, 0.3) is 0 Å². The topological polar surface area (TPSA) is 21.8 Å². The maximum Gasteiger partial charge on any atom is 0.122 e. The zero-order valence-corrected chi connectivity index (χ0v) is 14.2. The van der Waals surface area contributed by atoms with Gasteiger partial charge in [0, 0.05) is 0 Å². The van der Waals surface area contributed by atoms with Crippen LogP contribution in [0, 0.1) is 0 Å². The standard InChI is InChI=1S/C19H30O2/c1-6-10-20-18-9-8-16(11-17(18)13(3)4)15(7-2)12-19-14(5)21-19/h8-9,11,13-15,19H,6-7,10,12H2,1-5H3. The first kappa shape index (κ1) is 16.4. The molecular formula is C19H30O2. The van der Waals surface area contributed by atoms with Gasteiger partial charge < -0.3 is 9.47 Å². The van der Waals surface area contributed by atoms with E-state index >= 15 is 0 Å². The highest BCUT2D eigenvalue weighted by molar-refractivity contribution is 5.40. The summed E-state index contributed by atoms with van der Waals surface area (Å²) in [6, 6.07) is 6.77. The molecule has 1 aromatic rings. The normalized spacial score (nSPS) is 22.4. The van der Waals surface area contributed by atoms with Crippen LogP contribution >= 0.6 is 0 Å². The predicted octanol–water partition coefficient (Wildman–Crippen LogP) is 5.27. The Kier molecular flexibility index (Phi) is 5.69. The maximum atomic E-state index is 5.90. The molecule has 21 heavy (non-hydrogen) atoms. The molecule has 2 heteroatoms. The highest BCUT2D eigenvalue weighted by Crippen LogP contribution is 2.37. The van der Waals surface area contributed by atoms with Gasteiger partial charge in [-0.05, 0) is 55.2 Å². The van der Waals surface area contributed by atoms with E-state index in [9.17, 15) is 0 Å². The molecule has 0 saturated carbocycles. The quantitative estimate of drug-likeness (QED) is 0.608. The van der Waals surface area contributed by atoms with Crippen LogP contribution in [0.1, 0.15) is 76.8 Å². The van der Waals surface area contributed by atoms with Gasteiger partial charge in [0.25, 0.3) is 0 Å². The maximum absolute atomic E-state index is 5.90. The van der Waals surface area contributed by atoms with Crippen LogP contribution in [0.2, 0.25) is 0 Å². The van der Waals surface area contributed by atoms with Crippen molar-refractivity contribution in [1.82, 2.24) is 0 Å². The van der Waals surface area contributed by atoms with Gasteiger partial charge in [0.1, 0.15) is 5.75 Å². The van der Waals surface area contributed by atoms with Crippen molar-refractivity contribution in [2.45, 2.75) is 77.9 Å². The van der Waals surface area contributed by atoms with Gasteiger partial charge in [-0.15, -0.1) is 0 Å². The molecule has 1 saturated heterocycles. The van der Waals surface area contributed by atoms with Gasteiger partial charge in [-0.3, -0.25) is 0 Å². The fourth-order valence-electron chi connectivity index (χ4n) is 2.91. The Morgan fingerprint density at radius 1 is 1.24 bits per heavy atom. The minimum atomic E-state index is 0.454. The molecule has 3 unspecified atom stereocenters. The summed E-state index contributed by atoms with van der Waals surface area (Å²) in [5.41, 5.74) is 2.77. The summed E-state index contributed by atoms with van der Waals surface area (Å²) in [6.45, 7) is 11.9. The van der Waals surface area contributed by atoms with Gasteiger partial charge in [-0.25, -0.2) is 0 Å². The van der Waals surface area contributed by atoms with Crippen LogP contribution in [0.3, 0.4) is 0 Å². The molecule has 0 amide bonds. The Hall–Kier alpha value is -1.02. The molecular weight excluding hydrogens is 260 g/mol. The molecule has 1 aliphatic heterocycles. The molecule has 2 nitrogen and oxygen atoms in total. The molecule has 0 aliphatic carbocycles. The van der Waals surface area contributed by atoms with Crippen LogP contribution in [0.5, 0.6) is 5.75 Å². The number of hydrogen-bond donors (Lipinski definition) is 0. The SMILES string of the molecule is CCCOc1ccc(C(CC)CC2OC2C)cc1C(C)C. The lowest BCUT2D eigenvalue weighted by Gasteiger charge is -2.19. The first-order valence-electron chi connectivity index (χ1n) is 8.48. The van der Waals surface area contributed by atoms with Crippen molar-refractivity contribution in [3.8, 4) is 5.75 Å². The van der Waals surface area contributed by atoms with E-state index in [2.05, 4.69) is 52.8 Å². The zero-order chi connectivity index (χ0) is 15.4. The van der Waals surface area contributed by atoms with Gasteiger partial charge in [0.05, 0.1) is 18.8 Å². The van der Waals surface area contributed by atoms with Gasteiger partial charge in [-0.1, -0.05) is 39.8 Å². The van der Waals surface area contributed by atoms with Crippen molar-refractivity contribution in [2.24, 2.45) is 0 Å². The molecule has 0 bridgehead atoms. The highest BCUT2D eigenvalue weighted by atomic mass is 16.6. The number of epoxide rings is 1. The van der Waals surface area contributed by atoms with E-state index in [1.807, 2.05) is 0 Å². The Morgan fingerprint density at radius 3 is 2.48 bits per heavy atom. The Balaban J connectivity index is 2.16. The number of benzene rings is 1. The Bertz CT molecular complexity index is 453. The van der Waals surface area contributed by atoms with Crippen molar-refractivity contribution in [3.63, 3.8) is 0 Å². The fourth-order valence-corrected chi connectivity index (χ4v) is 2.91. The smallest absolute Gasteiger partial charge is 0.122 e. The lowest BCUT2D eigenvalue weighted by Crippen LogP contribution is -2.06. The lowest BCUT2D eigenvalue weighted by atomic mass is 9.88. The molecule has 0 radical (unpaired) electrons. The van der Waals surface area contributed by atoms with Gasteiger partial charge in [0.15, 0.2) is 0 Å². The van der Waals surface area contributed by atoms with Crippen LogP contribution < -0.4 is 4.74 Å². The summed E-state index contributed by atoms with van der Waals surface area (Å²) >= 11 is 0. The molecule has 0 N–H and O–H groups in total. The zero-order valence-electron chi connectivity index (χ0n) is 14.2. The summed E-state index contributed by atoms with van der Waals surface area (Å²) < 4.78 is 11.5. The molecule has 118 valence electrons. The predicted molar refractivity (Wildman–Crippen MR) is 88.3 cm³/mol. The monoisotopic (exact) mass is 290 g/mol. The van der Waals surface area contributed by atoms with Crippen LogP contribution in [0.15, 0.2) is 18.2 Å². The van der Waals surface area contributed by atoms with Crippen molar-refractivity contribution in [2.75, 3.05) is 6.61 Å². The van der Waals surface area contributed by atoms with E-state index in [0.717, 1.165) is 25.2 Å². The highest BCUT2D eigenvalue weighted by Gasteiger charge is 2.36. The molecule has 1 aliphatic rings. The molecule has 0 aromatic heterocycles. The van der Waals surface area contributed by atoms with Crippen LogP contribution in [-0.4, -0.2) is 18.8 Å². The fraction of sp³-hybridized carbons (Fsp3) is 0.684. The van der Waals surface area contributed by atoms with E-state index in [0.29, 0.717) is 24.0 Å². The van der Waals surface area contributed by atoms with E-state index in [4.69, 9.17) is 9.47 Å². The second kappa shape index (κ2) is 7.31. The molecule has 1 heterocycles. The van der Waals surface area contributed by atoms with Gasteiger partial charge in [-0.2, -0.15) is 0 Å². The molecule has 3 atom stereocenters. The van der Waals surface area contributed by atoms with E-state index in [-0.39, 0.29) is 0 Å². The third-order valence-corrected chi connectivity index (χ3v) is 4.43. The first-order valence-corrected chi connectivity index (χ1v) is 8.48. The van der Waals surface area contributed by atoms with Crippen molar-refractivity contribution >= 4 is 0 Å². The van der Waals surface area contributed by atoms with Crippen molar-refractivity contribution < 1.29 is 9.47 Å². The average molecular weight is 290 g/mol. The van der Waals surface area contributed by atoms with Crippen molar-refractivity contribution in [3.05, 3.63) is 29.3 Å². The van der Waals surface area contributed by atoms with E-state index in [1.165, 1.54) is 17.5 Å². The molecule has 0 spiro atoms. The van der Waals surface area contributed by atoms with Crippen LogP contribution in [-0.2, 0) is 4.74 Å². The average Bonchev–Trinajstić information content (AvgIpc) is 3.17. The Morgan fingerprint density at radius 2 is 1.95 bits per heavy atom. The minimum absolute atomic E-state index is 0.454. The number of ether oxygens (including phenoxy) is 2. The van der Waals surface area contributed by atoms with Gasteiger partial charge >= 0.3 is 0 Å². The van der Waals surface area contributed by atoms with Crippen molar-refractivity contribution in [1.29, 1.82) is 0 Å². The third kappa shape index (κ3) is 4.23. The third-order valence-electron chi connectivity index (χ3n) is 4.43. The molecule has 1 fully saturated rings. The minimum Gasteiger partial charge on any atom is -0.493 e. The van der Waals surface area contributed by atoms with Gasteiger partial charge in [0.2, 0.25) is 0 Å². The summed E-state index contributed by atoms with van der Waals surface area (Å²) in [7, 11) is 0. The van der Waals surface area contributed by atoms with E-state index in [1.54, 1.807) is 0 Å². The summed E-state index contributed by atoms with van der Waals surface area (Å²) in [5.74, 6) is 2.14. The lowest BCUT2D eigenvalue weighted by molar-refractivity contribution is 0.312. The largest absolute Gasteiger partial charge is 0.493 e. The molecule has 2 rings (SSSR count). The summed E-state index contributed by atoms with van der Waals surface area (Å²) in [4.78, 5) is 0. The second-order valence-corrected chi connectivity index (χ2v) is 6.52. The van der Waals surface area contributed by atoms with E-state index < -0.39 is 0 Å².